The molecule has 0 bridgehead atoms. The molecule has 22 heavy (non-hydrogen) atoms. The van der Waals surface area contributed by atoms with E-state index in [1.807, 2.05) is 68.4 Å². The molecular weight excluding hydrogens is 274 g/mol. The molecule has 0 saturated heterocycles. The molecule has 0 aliphatic rings. The topological polar surface area (TPSA) is 63.9 Å². The second kappa shape index (κ2) is 5.93. The van der Waals surface area contributed by atoms with Crippen LogP contribution in [0.15, 0.2) is 54.6 Å². The number of ether oxygens (including phenoxy) is 1. The number of benzene rings is 2. The quantitative estimate of drug-likeness (QED) is 0.711. The number of nitrogens with one attached hydrogen (secondary N) is 1. The standard InChI is InChI=1S/C18H19N3O/c1-12(2)22-16-5-3-4-14(10-16)18-11-17(20-21-18)13-6-8-15(19)9-7-13/h3-12H,19H2,1-2H3,(H,20,21). The number of nitrogen functional groups attached to an aromatic ring is 1. The first-order chi connectivity index (χ1) is 10.6. The molecule has 3 N–H and O–H groups in total. The molecule has 0 radical (unpaired) electrons. The van der Waals surface area contributed by atoms with Crippen molar-refractivity contribution in [1.29, 1.82) is 0 Å². The maximum atomic E-state index is 5.73. The summed E-state index contributed by atoms with van der Waals surface area (Å²) in [7, 11) is 0. The zero-order chi connectivity index (χ0) is 15.5. The van der Waals surface area contributed by atoms with Crippen molar-refractivity contribution >= 4 is 5.69 Å². The van der Waals surface area contributed by atoms with Crippen molar-refractivity contribution < 1.29 is 4.74 Å². The van der Waals surface area contributed by atoms with E-state index < -0.39 is 0 Å². The van der Waals surface area contributed by atoms with Gasteiger partial charge in [0.05, 0.1) is 17.5 Å². The highest BCUT2D eigenvalue weighted by molar-refractivity contribution is 5.69. The van der Waals surface area contributed by atoms with Crippen LogP contribution in [0.3, 0.4) is 0 Å². The molecule has 0 aliphatic carbocycles. The van der Waals surface area contributed by atoms with Gasteiger partial charge in [-0.3, -0.25) is 5.10 Å². The minimum Gasteiger partial charge on any atom is -0.491 e. The Morgan fingerprint density at radius 3 is 2.50 bits per heavy atom. The summed E-state index contributed by atoms with van der Waals surface area (Å²) in [6, 6.07) is 17.7. The summed E-state index contributed by atoms with van der Waals surface area (Å²) in [6.07, 6.45) is 0.153. The Hall–Kier alpha value is -2.75. The van der Waals surface area contributed by atoms with Gasteiger partial charge < -0.3 is 10.5 Å². The molecule has 0 fully saturated rings. The molecule has 0 atom stereocenters. The zero-order valence-corrected chi connectivity index (χ0v) is 12.7. The van der Waals surface area contributed by atoms with E-state index in [-0.39, 0.29) is 6.10 Å². The number of hydrogen-bond donors (Lipinski definition) is 2. The third-order valence-electron chi connectivity index (χ3n) is 3.30. The number of rotatable bonds is 4. The number of H-pyrrole nitrogens is 1. The van der Waals surface area contributed by atoms with Gasteiger partial charge in [0.1, 0.15) is 5.75 Å². The normalized spacial score (nSPS) is 10.9. The fraction of sp³-hybridized carbons (Fsp3) is 0.167. The van der Waals surface area contributed by atoms with E-state index in [9.17, 15) is 0 Å². The van der Waals surface area contributed by atoms with Gasteiger partial charge in [-0.15, -0.1) is 0 Å². The molecule has 112 valence electrons. The molecule has 3 aromatic rings. The SMILES string of the molecule is CC(C)Oc1cccc(-c2cc(-c3ccc(N)cc3)[nH]n2)c1. The largest absolute Gasteiger partial charge is 0.491 e. The highest BCUT2D eigenvalue weighted by Gasteiger charge is 2.07. The molecule has 0 aliphatic heterocycles. The average molecular weight is 293 g/mol. The summed E-state index contributed by atoms with van der Waals surface area (Å²) in [4.78, 5) is 0. The molecule has 0 unspecified atom stereocenters. The first-order valence-corrected chi connectivity index (χ1v) is 7.30. The Kier molecular flexibility index (Phi) is 3.83. The van der Waals surface area contributed by atoms with E-state index in [1.54, 1.807) is 0 Å². The van der Waals surface area contributed by atoms with E-state index >= 15 is 0 Å². The third kappa shape index (κ3) is 3.11. The molecule has 4 nitrogen and oxygen atoms in total. The first kappa shape index (κ1) is 14.2. The highest BCUT2D eigenvalue weighted by Crippen LogP contribution is 2.27. The van der Waals surface area contributed by atoms with E-state index in [4.69, 9.17) is 10.5 Å². The molecule has 2 aromatic carbocycles. The van der Waals surface area contributed by atoms with Gasteiger partial charge in [0.25, 0.3) is 0 Å². The van der Waals surface area contributed by atoms with E-state index in [2.05, 4.69) is 10.2 Å². The summed E-state index contributed by atoms with van der Waals surface area (Å²) >= 11 is 0. The van der Waals surface area contributed by atoms with Crippen molar-refractivity contribution in [3.8, 4) is 28.3 Å². The summed E-state index contributed by atoms with van der Waals surface area (Å²) in [6.45, 7) is 4.03. The van der Waals surface area contributed by atoms with Gasteiger partial charge in [0.15, 0.2) is 0 Å². The number of nitrogens with zero attached hydrogens (tertiary/aromatic N) is 1. The molecule has 0 amide bonds. The van der Waals surface area contributed by atoms with Gasteiger partial charge in [-0.25, -0.2) is 0 Å². The van der Waals surface area contributed by atoms with Crippen LogP contribution in [-0.2, 0) is 0 Å². The molecule has 0 saturated carbocycles. The number of aromatic nitrogens is 2. The second-order valence-corrected chi connectivity index (χ2v) is 5.48. The third-order valence-corrected chi connectivity index (χ3v) is 3.30. The monoisotopic (exact) mass is 293 g/mol. The Morgan fingerprint density at radius 1 is 1.00 bits per heavy atom. The summed E-state index contributed by atoms with van der Waals surface area (Å²) < 4.78 is 5.73. The number of hydrogen-bond acceptors (Lipinski definition) is 3. The van der Waals surface area contributed by atoms with Crippen molar-refractivity contribution in [2.75, 3.05) is 5.73 Å². The predicted molar refractivity (Wildman–Crippen MR) is 89.6 cm³/mol. The van der Waals surface area contributed by atoms with Crippen molar-refractivity contribution in [1.82, 2.24) is 10.2 Å². The molecule has 4 heteroatoms. The van der Waals surface area contributed by atoms with Crippen LogP contribution in [0.1, 0.15) is 13.8 Å². The molecule has 1 heterocycles. The Labute approximate surface area is 129 Å². The van der Waals surface area contributed by atoms with E-state index in [1.165, 1.54) is 0 Å². The van der Waals surface area contributed by atoms with Gasteiger partial charge in [0.2, 0.25) is 0 Å². The van der Waals surface area contributed by atoms with Gasteiger partial charge >= 0.3 is 0 Å². The Bertz CT molecular complexity index is 760. The Balaban J connectivity index is 1.89. The number of nitrogens with two attached hydrogens (primary N) is 1. The van der Waals surface area contributed by atoms with Crippen molar-refractivity contribution in [2.45, 2.75) is 20.0 Å². The van der Waals surface area contributed by atoms with Crippen LogP contribution in [0.2, 0.25) is 0 Å². The van der Waals surface area contributed by atoms with Crippen LogP contribution >= 0.6 is 0 Å². The van der Waals surface area contributed by atoms with E-state index in [0.29, 0.717) is 0 Å². The van der Waals surface area contributed by atoms with Crippen LogP contribution in [0, 0.1) is 0 Å². The first-order valence-electron chi connectivity index (χ1n) is 7.30. The van der Waals surface area contributed by atoms with E-state index in [0.717, 1.165) is 34.0 Å². The lowest BCUT2D eigenvalue weighted by Gasteiger charge is -2.10. The minimum atomic E-state index is 0.153. The number of anilines is 1. The zero-order valence-electron chi connectivity index (χ0n) is 12.7. The van der Waals surface area contributed by atoms with Crippen molar-refractivity contribution in [3.63, 3.8) is 0 Å². The lowest BCUT2D eigenvalue weighted by molar-refractivity contribution is 0.242. The lowest BCUT2D eigenvalue weighted by Crippen LogP contribution is -2.05. The van der Waals surface area contributed by atoms with Gasteiger partial charge in [-0.05, 0) is 49.7 Å². The molecule has 1 aromatic heterocycles. The van der Waals surface area contributed by atoms with Gasteiger partial charge in [-0.1, -0.05) is 24.3 Å². The minimum absolute atomic E-state index is 0.153. The number of aromatic amines is 1. The highest BCUT2D eigenvalue weighted by atomic mass is 16.5. The summed E-state index contributed by atoms with van der Waals surface area (Å²) in [5.74, 6) is 0.851. The van der Waals surface area contributed by atoms with Crippen molar-refractivity contribution in [3.05, 3.63) is 54.6 Å². The van der Waals surface area contributed by atoms with Crippen LogP contribution < -0.4 is 10.5 Å². The second-order valence-electron chi connectivity index (χ2n) is 5.48. The van der Waals surface area contributed by atoms with Gasteiger partial charge in [0, 0.05) is 11.3 Å². The molecule has 0 spiro atoms. The van der Waals surface area contributed by atoms with Crippen molar-refractivity contribution in [2.24, 2.45) is 0 Å². The van der Waals surface area contributed by atoms with Crippen LogP contribution in [-0.4, -0.2) is 16.3 Å². The predicted octanol–water partition coefficient (Wildman–Crippen LogP) is 4.11. The van der Waals surface area contributed by atoms with Crippen LogP contribution in [0.4, 0.5) is 5.69 Å². The maximum Gasteiger partial charge on any atom is 0.120 e. The maximum absolute atomic E-state index is 5.73. The van der Waals surface area contributed by atoms with Crippen LogP contribution in [0.25, 0.3) is 22.5 Å². The average Bonchev–Trinajstić information content (AvgIpc) is 2.97. The Morgan fingerprint density at radius 2 is 1.77 bits per heavy atom. The smallest absolute Gasteiger partial charge is 0.120 e. The van der Waals surface area contributed by atoms with Crippen LogP contribution in [0.5, 0.6) is 5.75 Å². The molecular formula is C18H19N3O. The van der Waals surface area contributed by atoms with Gasteiger partial charge in [-0.2, -0.15) is 5.10 Å². The lowest BCUT2D eigenvalue weighted by atomic mass is 10.1. The fourth-order valence-electron chi connectivity index (χ4n) is 2.28. The summed E-state index contributed by atoms with van der Waals surface area (Å²) in [5.41, 5.74) is 10.4. The fourth-order valence-corrected chi connectivity index (χ4v) is 2.28. The summed E-state index contributed by atoms with van der Waals surface area (Å²) in [5, 5.41) is 7.46. The molecule has 3 rings (SSSR count).